The first-order chi connectivity index (χ1) is 7.28. The highest BCUT2D eigenvalue weighted by Crippen LogP contribution is 2.19. The molecule has 0 fully saturated rings. The second kappa shape index (κ2) is 6.73. The Morgan fingerprint density at radius 3 is 2.44 bits per heavy atom. The van der Waals surface area contributed by atoms with E-state index in [-0.39, 0.29) is 6.54 Å². The summed E-state index contributed by atoms with van der Waals surface area (Å²) >= 11 is 0. The number of carbonyl (C=O) groups excluding carboxylic acids is 1. The fourth-order valence-electron chi connectivity index (χ4n) is 1.24. The van der Waals surface area contributed by atoms with E-state index in [1.54, 1.807) is 0 Å². The molecular formula is C10H19F3N2O. The minimum absolute atomic E-state index is 0.331. The Kier molecular flexibility index (Phi) is 6.40. The van der Waals surface area contributed by atoms with Crippen molar-refractivity contribution in [3.8, 4) is 0 Å². The number of halogens is 3. The molecule has 0 rings (SSSR count). The fourth-order valence-corrected chi connectivity index (χ4v) is 1.24. The molecule has 1 amide bonds. The first-order valence-electron chi connectivity index (χ1n) is 5.35. The third kappa shape index (κ3) is 6.66. The SMILES string of the molecule is CCCCC(N)C(=O)N(C)CCC(F)(F)F. The highest BCUT2D eigenvalue weighted by Gasteiger charge is 2.28. The van der Waals surface area contributed by atoms with Crippen molar-refractivity contribution in [2.24, 2.45) is 5.73 Å². The molecule has 0 aliphatic carbocycles. The van der Waals surface area contributed by atoms with E-state index >= 15 is 0 Å². The molecule has 0 aliphatic heterocycles. The van der Waals surface area contributed by atoms with Crippen LogP contribution in [0.4, 0.5) is 13.2 Å². The van der Waals surface area contributed by atoms with Crippen molar-refractivity contribution in [1.29, 1.82) is 0 Å². The standard InChI is InChI=1S/C10H19F3N2O/c1-3-4-5-8(14)9(16)15(2)7-6-10(11,12)13/h8H,3-7,14H2,1-2H3. The lowest BCUT2D eigenvalue weighted by atomic mass is 10.1. The highest BCUT2D eigenvalue weighted by molar-refractivity contribution is 5.81. The molecule has 2 N–H and O–H groups in total. The molecule has 0 aliphatic rings. The Morgan fingerprint density at radius 2 is 2.00 bits per heavy atom. The van der Waals surface area contributed by atoms with Crippen LogP contribution in [0.15, 0.2) is 0 Å². The van der Waals surface area contributed by atoms with Gasteiger partial charge in [0.05, 0.1) is 12.5 Å². The molecule has 0 spiro atoms. The van der Waals surface area contributed by atoms with Gasteiger partial charge in [-0.1, -0.05) is 19.8 Å². The largest absolute Gasteiger partial charge is 0.390 e. The summed E-state index contributed by atoms with van der Waals surface area (Å²) < 4.78 is 35.7. The molecule has 0 saturated carbocycles. The maximum absolute atomic E-state index is 11.9. The second-order valence-corrected chi connectivity index (χ2v) is 3.87. The molecule has 0 aromatic carbocycles. The van der Waals surface area contributed by atoms with Gasteiger partial charge in [-0.2, -0.15) is 13.2 Å². The smallest absolute Gasteiger partial charge is 0.344 e. The van der Waals surface area contributed by atoms with Gasteiger partial charge in [-0.05, 0) is 6.42 Å². The van der Waals surface area contributed by atoms with Gasteiger partial charge in [0.25, 0.3) is 0 Å². The van der Waals surface area contributed by atoms with Crippen molar-refractivity contribution in [1.82, 2.24) is 4.90 Å². The van der Waals surface area contributed by atoms with Crippen LogP contribution in [0, 0.1) is 0 Å². The molecule has 1 atom stereocenters. The summed E-state index contributed by atoms with van der Waals surface area (Å²) in [7, 11) is 1.35. The average Bonchev–Trinajstić information content (AvgIpc) is 2.20. The van der Waals surface area contributed by atoms with Crippen molar-refractivity contribution in [3.63, 3.8) is 0 Å². The third-order valence-corrected chi connectivity index (χ3v) is 2.29. The van der Waals surface area contributed by atoms with Crippen molar-refractivity contribution < 1.29 is 18.0 Å². The van der Waals surface area contributed by atoms with Crippen LogP contribution in [0.1, 0.15) is 32.6 Å². The number of hydrogen-bond acceptors (Lipinski definition) is 2. The van der Waals surface area contributed by atoms with E-state index in [0.29, 0.717) is 6.42 Å². The first-order valence-corrected chi connectivity index (χ1v) is 5.35. The minimum Gasteiger partial charge on any atom is -0.344 e. The quantitative estimate of drug-likeness (QED) is 0.771. The molecule has 0 saturated heterocycles. The zero-order chi connectivity index (χ0) is 12.8. The van der Waals surface area contributed by atoms with Gasteiger partial charge in [0.1, 0.15) is 0 Å². The third-order valence-electron chi connectivity index (χ3n) is 2.29. The summed E-state index contributed by atoms with van der Waals surface area (Å²) in [5, 5.41) is 0. The molecule has 0 bridgehead atoms. The van der Waals surface area contributed by atoms with Crippen LogP contribution in [0.5, 0.6) is 0 Å². The van der Waals surface area contributed by atoms with E-state index in [1.807, 2.05) is 6.92 Å². The number of unbranched alkanes of at least 4 members (excludes halogenated alkanes) is 1. The zero-order valence-corrected chi connectivity index (χ0v) is 9.68. The summed E-state index contributed by atoms with van der Waals surface area (Å²) in [6, 6.07) is -0.682. The summed E-state index contributed by atoms with van der Waals surface area (Å²) in [6.07, 6.45) is -2.99. The number of carbonyl (C=O) groups is 1. The Hall–Kier alpha value is -0.780. The molecule has 1 unspecified atom stereocenters. The van der Waals surface area contributed by atoms with Gasteiger partial charge in [0.15, 0.2) is 0 Å². The Balaban J connectivity index is 3.98. The van der Waals surface area contributed by atoms with Crippen LogP contribution < -0.4 is 5.73 Å². The van der Waals surface area contributed by atoms with Crippen LogP contribution in [0.3, 0.4) is 0 Å². The van der Waals surface area contributed by atoms with E-state index in [4.69, 9.17) is 5.73 Å². The van der Waals surface area contributed by atoms with Gasteiger partial charge >= 0.3 is 6.18 Å². The summed E-state index contributed by atoms with van der Waals surface area (Å²) in [4.78, 5) is 12.5. The van der Waals surface area contributed by atoms with Crippen LogP contribution in [0.25, 0.3) is 0 Å². The van der Waals surface area contributed by atoms with Crippen LogP contribution in [-0.4, -0.2) is 36.6 Å². The van der Waals surface area contributed by atoms with Gasteiger partial charge in [0.2, 0.25) is 5.91 Å². The average molecular weight is 240 g/mol. The number of hydrogen-bond donors (Lipinski definition) is 1. The number of alkyl halides is 3. The highest BCUT2D eigenvalue weighted by atomic mass is 19.4. The van der Waals surface area contributed by atoms with Crippen molar-refractivity contribution in [2.75, 3.05) is 13.6 Å². The predicted octanol–water partition coefficient (Wildman–Crippen LogP) is 1.91. The monoisotopic (exact) mass is 240 g/mol. The van der Waals surface area contributed by atoms with E-state index in [0.717, 1.165) is 17.7 Å². The summed E-state index contributed by atoms with van der Waals surface area (Å²) in [5.41, 5.74) is 5.57. The van der Waals surface area contributed by atoms with Gasteiger partial charge in [-0.3, -0.25) is 4.79 Å². The fraction of sp³-hybridized carbons (Fsp3) is 0.900. The summed E-state index contributed by atoms with van der Waals surface area (Å²) in [6.45, 7) is 1.63. The second-order valence-electron chi connectivity index (χ2n) is 3.87. The topological polar surface area (TPSA) is 46.3 Å². The lowest BCUT2D eigenvalue weighted by Crippen LogP contribution is -2.42. The first kappa shape index (κ1) is 15.2. The predicted molar refractivity (Wildman–Crippen MR) is 55.8 cm³/mol. The lowest BCUT2D eigenvalue weighted by Gasteiger charge is -2.21. The number of nitrogens with zero attached hydrogens (tertiary/aromatic N) is 1. The number of amides is 1. The lowest BCUT2D eigenvalue weighted by molar-refractivity contribution is -0.144. The molecule has 0 heterocycles. The zero-order valence-electron chi connectivity index (χ0n) is 9.68. The molecule has 96 valence electrons. The van der Waals surface area contributed by atoms with Gasteiger partial charge < -0.3 is 10.6 Å². The minimum atomic E-state index is -4.23. The maximum atomic E-state index is 11.9. The summed E-state index contributed by atoms with van der Waals surface area (Å²) in [5.74, 6) is -0.419. The van der Waals surface area contributed by atoms with Gasteiger partial charge in [-0.15, -0.1) is 0 Å². The maximum Gasteiger partial charge on any atom is 0.390 e. The number of rotatable bonds is 6. The van der Waals surface area contributed by atoms with Crippen molar-refractivity contribution in [2.45, 2.75) is 44.8 Å². The Labute approximate surface area is 93.8 Å². The van der Waals surface area contributed by atoms with Gasteiger partial charge in [0, 0.05) is 13.6 Å². The molecule has 3 nitrogen and oxygen atoms in total. The van der Waals surface area contributed by atoms with Gasteiger partial charge in [-0.25, -0.2) is 0 Å². The molecule has 0 aromatic heterocycles. The van der Waals surface area contributed by atoms with Crippen LogP contribution in [-0.2, 0) is 4.79 Å². The molecule has 0 radical (unpaired) electrons. The Bertz CT molecular complexity index is 219. The normalized spacial score (nSPS) is 13.6. The van der Waals surface area contributed by atoms with E-state index in [2.05, 4.69) is 0 Å². The molecular weight excluding hydrogens is 221 g/mol. The van der Waals surface area contributed by atoms with Crippen LogP contribution in [0.2, 0.25) is 0 Å². The molecule has 16 heavy (non-hydrogen) atoms. The van der Waals surface area contributed by atoms with E-state index in [1.165, 1.54) is 7.05 Å². The number of nitrogens with two attached hydrogens (primary N) is 1. The van der Waals surface area contributed by atoms with E-state index < -0.39 is 24.5 Å². The Morgan fingerprint density at radius 1 is 1.44 bits per heavy atom. The molecule has 6 heteroatoms. The van der Waals surface area contributed by atoms with E-state index in [9.17, 15) is 18.0 Å². The van der Waals surface area contributed by atoms with Crippen molar-refractivity contribution in [3.05, 3.63) is 0 Å². The van der Waals surface area contributed by atoms with Crippen LogP contribution >= 0.6 is 0 Å². The van der Waals surface area contributed by atoms with Crippen molar-refractivity contribution >= 4 is 5.91 Å². The number of likely N-dealkylation sites (N-methyl/N-ethyl adjacent to an activating group) is 1. The molecule has 0 aromatic rings.